The average molecular weight is 341 g/mol. The van der Waals surface area contributed by atoms with Crippen molar-refractivity contribution in [1.82, 2.24) is 0 Å². The van der Waals surface area contributed by atoms with Crippen LogP contribution in [0.25, 0.3) is 0 Å². The maximum absolute atomic E-state index is 12.3. The summed E-state index contributed by atoms with van der Waals surface area (Å²) in [5.74, 6) is 0.247. The van der Waals surface area contributed by atoms with Crippen molar-refractivity contribution in [2.45, 2.75) is 26.2 Å². The Morgan fingerprint density at radius 3 is 2.60 bits per heavy atom. The van der Waals surface area contributed by atoms with Gasteiger partial charge in [0.05, 0.1) is 19.3 Å². The molecule has 1 amide bonds. The molecule has 0 radical (unpaired) electrons. The third-order valence-corrected chi connectivity index (χ3v) is 3.82. The number of nitrogens with one attached hydrogen (secondary N) is 1. The van der Waals surface area contributed by atoms with Gasteiger partial charge in [0.2, 0.25) is 5.91 Å². The summed E-state index contributed by atoms with van der Waals surface area (Å²) in [6, 6.07) is 14.4. The summed E-state index contributed by atoms with van der Waals surface area (Å²) >= 11 is 0. The minimum absolute atomic E-state index is 0.00406. The molecule has 2 rings (SSSR count). The Hall–Kier alpha value is -2.82. The van der Waals surface area contributed by atoms with Gasteiger partial charge in [0.25, 0.3) is 0 Å². The molecule has 5 nitrogen and oxygen atoms in total. The second-order valence-electron chi connectivity index (χ2n) is 5.70. The Bertz CT molecular complexity index is 742. The van der Waals surface area contributed by atoms with Gasteiger partial charge in [0.15, 0.2) is 0 Å². The van der Waals surface area contributed by atoms with Crippen molar-refractivity contribution < 1.29 is 19.1 Å². The maximum Gasteiger partial charge on any atom is 0.338 e. The van der Waals surface area contributed by atoms with Gasteiger partial charge in [-0.15, -0.1) is 0 Å². The van der Waals surface area contributed by atoms with Gasteiger partial charge in [-0.1, -0.05) is 31.2 Å². The zero-order chi connectivity index (χ0) is 18.2. The fraction of sp³-hybridized carbons (Fsp3) is 0.300. The molecule has 0 saturated carbocycles. The highest BCUT2D eigenvalue weighted by atomic mass is 16.5. The zero-order valence-electron chi connectivity index (χ0n) is 14.7. The topological polar surface area (TPSA) is 64.6 Å². The van der Waals surface area contributed by atoms with E-state index in [1.165, 1.54) is 0 Å². The van der Waals surface area contributed by atoms with E-state index in [1.807, 2.05) is 31.2 Å². The van der Waals surface area contributed by atoms with E-state index < -0.39 is 5.97 Å². The first-order chi connectivity index (χ1) is 12.0. The Morgan fingerprint density at radius 2 is 1.88 bits per heavy atom. The highest BCUT2D eigenvalue weighted by Gasteiger charge is 2.15. The predicted molar refractivity (Wildman–Crippen MR) is 97.1 cm³/mol. The molecule has 2 aromatic rings. The lowest BCUT2D eigenvalue weighted by atomic mass is 9.96. The number of benzene rings is 2. The molecule has 0 heterocycles. The monoisotopic (exact) mass is 341 g/mol. The molecule has 0 saturated heterocycles. The molecule has 132 valence electrons. The van der Waals surface area contributed by atoms with Crippen molar-refractivity contribution in [2.24, 2.45) is 0 Å². The number of ether oxygens (including phenoxy) is 2. The van der Waals surface area contributed by atoms with E-state index >= 15 is 0 Å². The number of hydrogen-bond donors (Lipinski definition) is 1. The molecule has 0 fully saturated rings. The summed E-state index contributed by atoms with van der Waals surface area (Å²) in [5.41, 5.74) is 1.97. The van der Waals surface area contributed by atoms with E-state index in [0.29, 0.717) is 24.3 Å². The molecule has 1 atom stereocenters. The van der Waals surface area contributed by atoms with Crippen LogP contribution in [0.5, 0.6) is 5.75 Å². The van der Waals surface area contributed by atoms with Gasteiger partial charge in [-0.05, 0) is 42.7 Å². The molecule has 0 aliphatic rings. The number of esters is 1. The molecule has 0 bridgehead atoms. The fourth-order valence-electron chi connectivity index (χ4n) is 2.61. The Labute approximate surface area is 148 Å². The fourth-order valence-corrected chi connectivity index (χ4v) is 2.61. The summed E-state index contributed by atoms with van der Waals surface area (Å²) in [5, 5.41) is 2.83. The van der Waals surface area contributed by atoms with Gasteiger partial charge in [0, 0.05) is 12.1 Å². The van der Waals surface area contributed by atoms with Crippen LogP contribution in [0, 0.1) is 0 Å². The third kappa shape index (κ3) is 5.08. The van der Waals surface area contributed by atoms with Crippen LogP contribution in [0.1, 0.15) is 42.1 Å². The first-order valence-corrected chi connectivity index (χ1v) is 8.25. The zero-order valence-corrected chi connectivity index (χ0v) is 14.7. The molecule has 0 aliphatic carbocycles. The van der Waals surface area contributed by atoms with Gasteiger partial charge >= 0.3 is 5.97 Å². The normalized spacial score (nSPS) is 11.5. The lowest BCUT2D eigenvalue weighted by Crippen LogP contribution is -2.15. The van der Waals surface area contributed by atoms with Crippen LogP contribution in [0.3, 0.4) is 0 Å². The van der Waals surface area contributed by atoms with Crippen molar-refractivity contribution in [3.63, 3.8) is 0 Å². The van der Waals surface area contributed by atoms with E-state index in [4.69, 9.17) is 9.47 Å². The number of carbonyl (C=O) groups excluding carboxylic acids is 2. The summed E-state index contributed by atoms with van der Waals surface area (Å²) in [4.78, 5) is 24.1. The third-order valence-electron chi connectivity index (χ3n) is 3.82. The molecular formula is C20H23NO4. The lowest BCUT2D eigenvalue weighted by molar-refractivity contribution is -0.116. The van der Waals surface area contributed by atoms with Crippen molar-refractivity contribution >= 4 is 17.6 Å². The van der Waals surface area contributed by atoms with Crippen LogP contribution >= 0.6 is 0 Å². The minimum atomic E-state index is -0.402. The quantitative estimate of drug-likeness (QED) is 0.773. The summed E-state index contributed by atoms with van der Waals surface area (Å²) in [7, 11) is 1.62. The smallest absolute Gasteiger partial charge is 0.338 e. The Kier molecular flexibility index (Phi) is 6.57. The lowest BCUT2D eigenvalue weighted by Gasteiger charge is -2.15. The molecule has 0 aliphatic heterocycles. The molecule has 1 unspecified atom stereocenters. The Balaban J connectivity index is 2.02. The molecule has 0 aromatic heterocycles. The number of amides is 1. The van der Waals surface area contributed by atoms with Gasteiger partial charge in [-0.2, -0.15) is 0 Å². The molecule has 1 N–H and O–H groups in total. The molecule has 25 heavy (non-hydrogen) atoms. The molecule has 2 aromatic carbocycles. The number of rotatable bonds is 7. The van der Waals surface area contributed by atoms with Crippen LogP contribution in [-0.2, 0) is 9.53 Å². The molecule has 5 heteroatoms. The van der Waals surface area contributed by atoms with E-state index in [1.54, 1.807) is 38.3 Å². The van der Waals surface area contributed by atoms with Crippen molar-refractivity contribution in [3.8, 4) is 5.75 Å². The van der Waals surface area contributed by atoms with E-state index in [9.17, 15) is 9.59 Å². The van der Waals surface area contributed by atoms with Crippen molar-refractivity contribution in [1.29, 1.82) is 0 Å². The molecule has 0 spiro atoms. The van der Waals surface area contributed by atoms with Gasteiger partial charge in [-0.3, -0.25) is 4.79 Å². The van der Waals surface area contributed by atoms with Crippen molar-refractivity contribution in [2.75, 3.05) is 19.0 Å². The number of hydrogen-bond acceptors (Lipinski definition) is 4. The number of anilines is 1. The standard InChI is InChI=1S/C20H23NO4/c1-4-25-20(23)15-8-7-9-16(13-15)21-19(22)12-14(2)17-10-5-6-11-18(17)24-3/h5-11,13-14H,4,12H2,1-3H3,(H,21,22). The van der Waals surface area contributed by atoms with Crippen molar-refractivity contribution in [3.05, 3.63) is 59.7 Å². The summed E-state index contributed by atoms with van der Waals surface area (Å²) < 4.78 is 10.3. The second-order valence-corrected chi connectivity index (χ2v) is 5.70. The number of methoxy groups -OCH3 is 1. The first kappa shape index (κ1) is 18.5. The number of para-hydroxylation sites is 1. The second kappa shape index (κ2) is 8.87. The highest BCUT2D eigenvalue weighted by molar-refractivity contribution is 5.94. The van der Waals surface area contributed by atoms with Gasteiger partial charge < -0.3 is 14.8 Å². The van der Waals surface area contributed by atoms with Gasteiger partial charge in [0.1, 0.15) is 5.75 Å². The average Bonchev–Trinajstić information content (AvgIpc) is 2.62. The van der Waals surface area contributed by atoms with E-state index in [2.05, 4.69) is 5.32 Å². The molecular weight excluding hydrogens is 318 g/mol. The van der Waals surface area contributed by atoms with Gasteiger partial charge in [-0.25, -0.2) is 4.79 Å². The maximum atomic E-state index is 12.3. The van der Waals surface area contributed by atoms with Crippen LogP contribution in [0.4, 0.5) is 5.69 Å². The van der Waals surface area contributed by atoms with E-state index in [0.717, 1.165) is 11.3 Å². The van der Waals surface area contributed by atoms with Crippen LogP contribution < -0.4 is 10.1 Å². The van der Waals surface area contributed by atoms with Crippen LogP contribution in [0.15, 0.2) is 48.5 Å². The largest absolute Gasteiger partial charge is 0.496 e. The predicted octanol–water partition coefficient (Wildman–Crippen LogP) is 4.00. The Morgan fingerprint density at radius 1 is 1.12 bits per heavy atom. The number of carbonyl (C=O) groups is 2. The van der Waals surface area contributed by atoms with Crippen LogP contribution in [-0.4, -0.2) is 25.6 Å². The van der Waals surface area contributed by atoms with E-state index in [-0.39, 0.29) is 11.8 Å². The summed E-state index contributed by atoms with van der Waals surface area (Å²) in [6.45, 7) is 4.04. The summed E-state index contributed by atoms with van der Waals surface area (Å²) in [6.07, 6.45) is 0.310. The van der Waals surface area contributed by atoms with Crippen LogP contribution in [0.2, 0.25) is 0 Å². The first-order valence-electron chi connectivity index (χ1n) is 8.25. The minimum Gasteiger partial charge on any atom is -0.496 e. The SMILES string of the molecule is CCOC(=O)c1cccc(NC(=O)CC(C)c2ccccc2OC)c1. The highest BCUT2D eigenvalue weighted by Crippen LogP contribution is 2.28.